The van der Waals surface area contributed by atoms with E-state index in [4.69, 9.17) is 4.74 Å². The molecule has 0 radical (unpaired) electrons. The van der Waals surface area contributed by atoms with Crippen molar-refractivity contribution in [2.24, 2.45) is 0 Å². The average molecular weight is 277 g/mol. The maximum atomic E-state index is 5.78. The Balaban J connectivity index is 2.00. The molecule has 1 aromatic rings. The summed E-state index contributed by atoms with van der Waals surface area (Å²) in [6.07, 6.45) is 4.71. The maximum Gasteiger partial charge on any atom is 0.131 e. The van der Waals surface area contributed by atoms with Gasteiger partial charge in [0.05, 0.1) is 11.8 Å². The van der Waals surface area contributed by atoms with Crippen molar-refractivity contribution in [3.05, 3.63) is 23.3 Å². The third-order valence-electron chi connectivity index (χ3n) is 3.44. The molecule has 4 nitrogen and oxygen atoms in total. The van der Waals surface area contributed by atoms with Crippen molar-refractivity contribution in [2.45, 2.75) is 71.6 Å². The van der Waals surface area contributed by atoms with Gasteiger partial charge in [0, 0.05) is 30.8 Å². The van der Waals surface area contributed by atoms with Crippen molar-refractivity contribution in [3.63, 3.8) is 0 Å². The second-order valence-corrected chi connectivity index (χ2v) is 6.71. The van der Waals surface area contributed by atoms with Crippen molar-refractivity contribution in [3.8, 4) is 0 Å². The van der Waals surface area contributed by atoms with Crippen LogP contribution in [0.25, 0.3) is 0 Å². The van der Waals surface area contributed by atoms with E-state index < -0.39 is 0 Å². The summed E-state index contributed by atoms with van der Waals surface area (Å²) in [7, 11) is 0. The van der Waals surface area contributed by atoms with Crippen LogP contribution in [0.5, 0.6) is 0 Å². The zero-order chi connectivity index (χ0) is 14.6. The minimum absolute atomic E-state index is 0.103. The highest BCUT2D eigenvalue weighted by Crippen LogP contribution is 2.16. The smallest absolute Gasteiger partial charge is 0.131 e. The number of aryl methyl sites for hydroxylation is 1. The normalized spacial score (nSPS) is 20.1. The van der Waals surface area contributed by atoms with Gasteiger partial charge in [-0.2, -0.15) is 0 Å². The van der Waals surface area contributed by atoms with Gasteiger partial charge >= 0.3 is 0 Å². The Hall–Kier alpha value is -1.00. The zero-order valence-electron chi connectivity index (χ0n) is 13.2. The zero-order valence-corrected chi connectivity index (χ0v) is 13.2. The molecule has 1 fully saturated rings. The molecule has 0 spiro atoms. The molecule has 0 aliphatic carbocycles. The van der Waals surface area contributed by atoms with Crippen LogP contribution in [0.3, 0.4) is 0 Å². The first-order valence-electron chi connectivity index (χ1n) is 7.62. The van der Waals surface area contributed by atoms with E-state index in [-0.39, 0.29) is 5.54 Å². The van der Waals surface area contributed by atoms with E-state index >= 15 is 0 Å². The van der Waals surface area contributed by atoms with E-state index in [0.29, 0.717) is 6.10 Å². The Bertz CT molecular complexity index is 434. The molecule has 0 aromatic carbocycles. The van der Waals surface area contributed by atoms with Crippen LogP contribution in [-0.4, -0.2) is 28.2 Å². The molecule has 1 aromatic heterocycles. The van der Waals surface area contributed by atoms with Gasteiger partial charge < -0.3 is 10.1 Å². The van der Waals surface area contributed by atoms with Gasteiger partial charge in [-0.3, -0.25) is 0 Å². The molecule has 1 N–H and O–H groups in total. The summed E-state index contributed by atoms with van der Waals surface area (Å²) < 4.78 is 5.78. The van der Waals surface area contributed by atoms with Crippen molar-refractivity contribution >= 4 is 0 Å². The number of aromatic nitrogens is 2. The largest absolute Gasteiger partial charge is 0.378 e. The topological polar surface area (TPSA) is 47.0 Å². The molecule has 1 aliphatic rings. The first-order chi connectivity index (χ1) is 9.42. The van der Waals surface area contributed by atoms with E-state index in [2.05, 4.69) is 42.1 Å². The molecule has 2 rings (SSSR count). The summed E-state index contributed by atoms with van der Waals surface area (Å²) in [6.45, 7) is 10.2. The number of hydrogen-bond acceptors (Lipinski definition) is 4. The molecule has 1 saturated heterocycles. The average Bonchev–Trinajstić information content (AvgIpc) is 2.36. The van der Waals surface area contributed by atoms with Crippen LogP contribution in [-0.2, 0) is 17.7 Å². The van der Waals surface area contributed by atoms with Gasteiger partial charge in [0.1, 0.15) is 5.82 Å². The van der Waals surface area contributed by atoms with Gasteiger partial charge in [0.2, 0.25) is 0 Å². The van der Waals surface area contributed by atoms with Crippen LogP contribution in [0.4, 0.5) is 0 Å². The van der Waals surface area contributed by atoms with Crippen molar-refractivity contribution in [1.82, 2.24) is 15.3 Å². The van der Waals surface area contributed by atoms with Gasteiger partial charge in [-0.25, -0.2) is 9.97 Å². The van der Waals surface area contributed by atoms with E-state index in [9.17, 15) is 0 Å². The lowest BCUT2D eigenvalue weighted by Gasteiger charge is -2.23. The van der Waals surface area contributed by atoms with Crippen molar-refractivity contribution in [2.75, 3.05) is 6.61 Å². The van der Waals surface area contributed by atoms with Gasteiger partial charge in [-0.1, -0.05) is 0 Å². The molecule has 1 atom stereocenters. The lowest BCUT2D eigenvalue weighted by molar-refractivity contribution is 0.0156. The SMILES string of the molecule is Cc1cc(CNC(C)(C)C)nc(CC2CCCCO2)n1. The Morgan fingerprint density at radius 1 is 1.30 bits per heavy atom. The van der Waals surface area contributed by atoms with Gasteiger partial charge in [0.15, 0.2) is 0 Å². The highest BCUT2D eigenvalue weighted by Gasteiger charge is 2.17. The number of ether oxygens (including phenoxy) is 1. The molecule has 4 heteroatoms. The van der Waals surface area contributed by atoms with E-state index in [1.165, 1.54) is 12.8 Å². The summed E-state index contributed by atoms with van der Waals surface area (Å²) in [5.41, 5.74) is 2.21. The van der Waals surface area contributed by atoms with Crippen LogP contribution in [0.2, 0.25) is 0 Å². The molecule has 1 aliphatic heterocycles. The second kappa shape index (κ2) is 6.64. The number of hydrogen-bond donors (Lipinski definition) is 1. The molecular formula is C16H27N3O. The Morgan fingerprint density at radius 3 is 2.75 bits per heavy atom. The molecule has 0 bridgehead atoms. The molecule has 1 unspecified atom stereocenters. The predicted molar refractivity (Wildman–Crippen MR) is 80.7 cm³/mol. The molecule has 2 heterocycles. The maximum absolute atomic E-state index is 5.78. The van der Waals surface area contributed by atoms with E-state index in [0.717, 1.165) is 43.2 Å². The van der Waals surface area contributed by atoms with Crippen molar-refractivity contribution in [1.29, 1.82) is 0 Å². The van der Waals surface area contributed by atoms with Crippen LogP contribution >= 0.6 is 0 Å². The summed E-state index contributed by atoms with van der Waals surface area (Å²) in [4.78, 5) is 9.23. The van der Waals surface area contributed by atoms with Crippen LogP contribution in [0, 0.1) is 6.92 Å². The standard InChI is InChI=1S/C16H27N3O/c1-12-9-13(11-17-16(2,3)4)19-15(18-12)10-14-7-5-6-8-20-14/h9,14,17H,5-8,10-11H2,1-4H3. The van der Waals surface area contributed by atoms with Crippen molar-refractivity contribution < 1.29 is 4.74 Å². The number of nitrogens with one attached hydrogen (secondary N) is 1. The quantitative estimate of drug-likeness (QED) is 0.919. The third kappa shape index (κ3) is 5.17. The Kier molecular flexibility index (Phi) is 5.11. The van der Waals surface area contributed by atoms with E-state index in [1.54, 1.807) is 0 Å². The summed E-state index contributed by atoms with van der Waals surface area (Å²) in [5, 5.41) is 3.47. The molecule has 0 saturated carbocycles. The number of nitrogens with zero attached hydrogens (tertiary/aromatic N) is 2. The third-order valence-corrected chi connectivity index (χ3v) is 3.44. The first kappa shape index (κ1) is 15.4. The fourth-order valence-electron chi connectivity index (χ4n) is 2.41. The number of rotatable bonds is 4. The van der Waals surface area contributed by atoms with E-state index in [1.807, 2.05) is 6.92 Å². The minimum Gasteiger partial charge on any atom is -0.378 e. The van der Waals surface area contributed by atoms with Gasteiger partial charge in [-0.05, 0) is 53.0 Å². The molecule has 20 heavy (non-hydrogen) atoms. The Labute approximate surface area is 122 Å². The highest BCUT2D eigenvalue weighted by atomic mass is 16.5. The highest BCUT2D eigenvalue weighted by molar-refractivity contribution is 5.11. The fraction of sp³-hybridized carbons (Fsp3) is 0.750. The Morgan fingerprint density at radius 2 is 2.10 bits per heavy atom. The van der Waals surface area contributed by atoms with Crippen LogP contribution < -0.4 is 5.32 Å². The molecule has 112 valence electrons. The lowest BCUT2D eigenvalue weighted by Crippen LogP contribution is -2.35. The first-order valence-corrected chi connectivity index (χ1v) is 7.62. The van der Waals surface area contributed by atoms with Crippen LogP contribution in [0.15, 0.2) is 6.07 Å². The lowest BCUT2D eigenvalue weighted by atomic mass is 10.1. The van der Waals surface area contributed by atoms with Gasteiger partial charge in [0.25, 0.3) is 0 Å². The van der Waals surface area contributed by atoms with Crippen LogP contribution in [0.1, 0.15) is 57.2 Å². The second-order valence-electron chi connectivity index (χ2n) is 6.71. The molecule has 0 amide bonds. The minimum atomic E-state index is 0.103. The monoisotopic (exact) mass is 277 g/mol. The summed E-state index contributed by atoms with van der Waals surface area (Å²) >= 11 is 0. The predicted octanol–water partition coefficient (Wildman–Crippen LogP) is 2.78. The molecular weight excluding hydrogens is 250 g/mol. The fourth-order valence-corrected chi connectivity index (χ4v) is 2.41. The summed E-state index contributed by atoms with van der Waals surface area (Å²) in [6, 6.07) is 2.06. The van der Waals surface area contributed by atoms with Gasteiger partial charge in [-0.15, -0.1) is 0 Å². The summed E-state index contributed by atoms with van der Waals surface area (Å²) in [5.74, 6) is 0.919.